The van der Waals surface area contributed by atoms with Gasteiger partial charge in [0.05, 0.1) is 5.69 Å². The zero-order valence-electron chi connectivity index (χ0n) is 13.2. The lowest BCUT2D eigenvalue weighted by molar-refractivity contribution is -0.134. The van der Waals surface area contributed by atoms with Gasteiger partial charge in [-0.25, -0.2) is 15.2 Å². The van der Waals surface area contributed by atoms with E-state index in [0.29, 0.717) is 5.69 Å². The summed E-state index contributed by atoms with van der Waals surface area (Å²) >= 11 is 0. The van der Waals surface area contributed by atoms with E-state index in [4.69, 9.17) is 9.47 Å². The van der Waals surface area contributed by atoms with Crippen LogP contribution in [-0.2, 0) is 9.59 Å². The van der Waals surface area contributed by atoms with E-state index >= 15 is 0 Å². The van der Waals surface area contributed by atoms with Crippen LogP contribution in [0.5, 0.6) is 11.5 Å². The molecule has 2 aromatic rings. The second-order valence-corrected chi connectivity index (χ2v) is 4.53. The summed E-state index contributed by atoms with van der Waals surface area (Å²) in [6.45, 7) is 2.43. The summed E-state index contributed by atoms with van der Waals surface area (Å²) in [5.74, 6) is -1.00. The van der Waals surface area contributed by atoms with Crippen molar-refractivity contribution in [3.8, 4) is 17.2 Å². The molecule has 1 aromatic carbocycles. The second kappa shape index (κ2) is 7.33. The Hall–Kier alpha value is -3.27. The molecule has 126 valence electrons. The molecule has 0 saturated carbocycles. The molecular weight excluding hydrogens is 318 g/mol. The number of hydrogen-bond donors (Lipinski definition) is 2. The van der Waals surface area contributed by atoms with Crippen LogP contribution in [-0.4, -0.2) is 33.5 Å². The summed E-state index contributed by atoms with van der Waals surface area (Å²) in [7, 11) is 1.61. The molecule has 0 saturated heterocycles. The van der Waals surface area contributed by atoms with Crippen molar-refractivity contribution in [1.82, 2.24) is 20.0 Å². The number of anilines is 1. The van der Waals surface area contributed by atoms with Crippen LogP contribution in [0.25, 0.3) is 5.69 Å². The molecule has 0 spiro atoms. The molecule has 1 heterocycles. The summed E-state index contributed by atoms with van der Waals surface area (Å²) in [6.07, 6.45) is 1.26. The first-order chi connectivity index (χ1) is 11.4. The molecule has 0 fully saturated rings. The van der Waals surface area contributed by atoms with Crippen LogP contribution >= 0.6 is 0 Å². The van der Waals surface area contributed by atoms with Gasteiger partial charge in [0.1, 0.15) is 6.33 Å². The minimum Gasteiger partial charge on any atom is -0.423 e. The summed E-state index contributed by atoms with van der Waals surface area (Å²) in [5, 5.41) is 0. The fourth-order valence-electron chi connectivity index (χ4n) is 1.80. The van der Waals surface area contributed by atoms with Crippen molar-refractivity contribution < 1.29 is 19.1 Å². The van der Waals surface area contributed by atoms with Gasteiger partial charge in [0, 0.05) is 27.0 Å². The number of carbonyl (C=O) groups excluding carboxylic acids is 2. The fourth-order valence-corrected chi connectivity index (χ4v) is 1.80. The minimum atomic E-state index is -0.600. The van der Waals surface area contributed by atoms with E-state index in [1.165, 1.54) is 38.4 Å². The lowest BCUT2D eigenvalue weighted by Gasteiger charge is -2.11. The third kappa shape index (κ3) is 4.14. The number of nitrogens with zero attached hydrogens (tertiary/aromatic N) is 3. The standard InChI is InChI=1S/C14H15N5O5/c1-8(20)23-11-5-4-10(6-12(11)24-9(2)21)19-7-16-13(18-15-3)17-14(19)22/h4-7,15H,1-3H3,(H,17,18,22). The number of aromatic nitrogens is 3. The van der Waals surface area contributed by atoms with Crippen LogP contribution in [0.1, 0.15) is 13.8 Å². The van der Waals surface area contributed by atoms with Crippen molar-refractivity contribution in [2.75, 3.05) is 12.5 Å². The van der Waals surface area contributed by atoms with Gasteiger partial charge in [-0.2, -0.15) is 4.98 Å². The topological polar surface area (TPSA) is 124 Å². The Bertz CT molecular complexity index is 833. The number of hydrogen-bond acceptors (Lipinski definition) is 9. The zero-order valence-corrected chi connectivity index (χ0v) is 13.2. The molecule has 0 unspecified atom stereocenters. The normalized spacial score (nSPS) is 10.1. The van der Waals surface area contributed by atoms with Crippen molar-refractivity contribution in [3.63, 3.8) is 0 Å². The first-order valence-electron chi connectivity index (χ1n) is 6.80. The third-order valence-corrected chi connectivity index (χ3v) is 2.65. The average Bonchev–Trinajstić information content (AvgIpc) is 2.49. The summed E-state index contributed by atoms with van der Waals surface area (Å²) < 4.78 is 11.1. The number of ether oxygens (including phenoxy) is 2. The number of benzene rings is 1. The van der Waals surface area contributed by atoms with Crippen molar-refractivity contribution in [2.45, 2.75) is 13.8 Å². The summed E-state index contributed by atoms with van der Waals surface area (Å²) in [6, 6.07) is 4.28. The molecular formula is C14H15N5O5. The molecule has 0 radical (unpaired) electrons. The fraction of sp³-hybridized carbons (Fsp3) is 0.214. The summed E-state index contributed by atoms with van der Waals surface area (Å²) in [5.41, 5.74) is 4.92. The average molecular weight is 333 g/mol. The highest BCUT2D eigenvalue weighted by atomic mass is 16.6. The Morgan fingerprint density at radius 3 is 2.38 bits per heavy atom. The Kier molecular flexibility index (Phi) is 5.22. The quantitative estimate of drug-likeness (QED) is 0.442. The molecule has 0 aliphatic heterocycles. The molecule has 10 heteroatoms. The molecule has 2 N–H and O–H groups in total. The largest absolute Gasteiger partial charge is 0.423 e. The number of rotatable bonds is 5. The van der Waals surface area contributed by atoms with E-state index in [1.54, 1.807) is 7.05 Å². The Balaban J connectivity index is 2.45. The summed E-state index contributed by atoms with van der Waals surface area (Å²) in [4.78, 5) is 42.1. The van der Waals surface area contributed by atoms with E-state index in [2.05, 4.69) is 20.8 Å². The Morgan fingerprint density at radius 2 is 1.79 bits per heavy atom. The van der Waals surface area contributed by atoms with Gasteiger partial charge in [-0.05, 0) is 12.1 Å². The van der Waals surface area contributed by atoms with E-state index in [9.17, 15) is 14.4 Å². The number of hydrazine groups is 1. The first kappa shape index (κ1) is 17.1. The molecule has 0 aliphatic rings. The SMILES string of the molecule is CNNc1ncn(-c2ccc(OC(C)=O)c(OC(C)=O)c2)c(=O)n1. The van der Waals surface area contributed by atoms with Crippen LogP contribution in [0.4, 0.5) is 5.95 Å². The van der Waals surface area contributed by atoms with Gasteiger partial charge in [-0.1, -0.05) is 0 Å². The predicted molar refractivity (Wildman–Crippen MR) is 82.9 cm³/mol. The van der Waals surface area contributed by atoms with E-state index in [1.807, 2.05) is 0 Å². The van der Waals surface area contributed by atoms with Gasteiger partial charge < -0.3 is 9.47 Å². The highest BCUT2D eigenvalue weighted by molar-refractivity contribution is 5.74. The maximum Gasteiger partial charge on any atom is 0.356 e. The maximum atomic E-state index is 12.1. The smallest absolute Gasteiger partial charge is 0.356 e. The highest BCUT2D eigenvalue weighted by Crippen LogP contribution is 2.29. The number of nitrogens with one attached hydrogen (secondary N) is 2. The highest BCUT2D eigenvalue weighted by Gasteiger charge is 2.13. The van der Waals surface area contributed by atoms with Crippen LogP contribution in [0.3, 0.4) is 0 Å². The molecule has 1 aromatic heterocycles. The predicted octanol–water partition coefficient (Wildman–Crippen LogP) is 0.0244. The molecule has 0 atom stereocenters. The van der Waals surface area contributed by atoms with Crippen molar-refractivity contribution in [2.24, 2.45) is 0 Å². The maximum absolute atomic E-state index is 12.1. The van der Waals surface area contributed by atoms with Gasteiger partial charge in [0.25, 0.3) is 0 Å². The van der Waals surface area contributed by atoms with E-state index < -0.39 is 17.6 Å². The van der Waals surface area contributed by atoms with E-state index in [0.717, 1.165) is 4.57 Å². The lowest BCUT2D eigenvalue weighted by Crippen LogP contribution is -2.26. The number of esters is 2. The Morgan fingerprint density at radius 1 is 1.12 bits per heavy atom. The van der Waals surface area contributed by atoms with Gasteiger partial charge in [-0.15, -0.1) is 0 Å². The van der Waals surface area contributed by atoms with E-state index in [-0.39, 0.29) is 17.4 Å². The van der Waals surface area contributed by atoms with Crippen molar-refractivity contribution in [3.05, 3.63) is 35.0 Å². The molecule has 2 rings (SSSR count). The molecule has 0 bridgehead atoms. The van der Waals surface area contributed by atoms with Gasteiger partial charge in [-0.3, -0.25) is 19.6 Å². The van der Waals surface area contributed by atoms with Crippen molar-refractivity contribution >= 4 is 17.9 Å². The first-order valence-corrected chi connectivity index (χ1v) is 6.80. The minimum absolute atomic E-state index is 0.000439. The lowest BCUT2D eigenvalue weighted by atomic mass is 10.2. The Labute approximate surface area is 136 Å². The molecule has 0 amide bonds. The molecule has 0 aliphatic carbocycles. The van der Waals surface area contributed by atoms with Crippen molar-refractivity contribution in [1.29, 1.82) is 0 Å². The number of carbonyl (C=O) groups is 2. The molecule has 10 nitrogen and oxygen atoms in total. The van der Waals surface area contributed by atoms with Gasteiger partial charge >= 0.3 is 17.6 Å². The second-order valence-electron chi connectivity index (χ2n) is 4.53. The van der Waals surface area contributed by atoms with Crippen LogP contribution in [0, 0.1) is 0 Å². The monoisotopic (exact) mass is 333 g/mol. The van der Waals surface area contributed by atoms with Crippen LogP contribution in [0.15, 0.2) is 29.3 Å². The zero-order chi connectivity index (χ0) is 17.7. The molecule has 24 heavy (non-hydrogen) atoms. The van der Waals surface area contributed by atoms with Crippen LogP contribution < -0.4 is 26.0 Å². The van der Waals surface area contributed by atoms with Gasteiger partial charge in [0.2, 0.25) is 5.95 Å². The van der Waals surface area contributed by atoms with Crippen LogP contribution in [0.2, 0.25) is 0 Å². The third-order valence-electron chi connectivity index (χ3n) is 2.65. The van der Waals surface area contributed by atoms with Gasteiger partial charge in [0.15, 0.2) is 11.5 Å².